The number of aryl methyl sites for hydroxylation is 3. The van der Waals surface area contributed by atoms with Crippen molar-refractivity contribution < 1.29 is 9.53 Å². The van der Waals surface area contributed by atoms with Crippen LogP contribution < -0.4 is 4.74 Å². The average Bonchev–Trinajstić information content (AvgIpc) is 2.89. The number of methoxy groups -OCH3 is 1. The molecule has 0 aliphatic rings. The monoisotopic (exact) mass is 286 g/mol. The van der Waals surface area contributed by atoms with Crippen molar-refractivity contribution >= 4 is 5.78 Å². The van der Waals surface area contributed by atoms with E-state index in [1.165, 1.54) is 0 Å². The van der Waals surface area contributed by atoms with E-state index in [2.05, 4.69) is 25.0 Å². The molecule has 1 heterocycles. The fourth-order valence-corrected chi connectivity index (χ4v) is 2.36. The predicted molar refractivity (Wildman–Crippen MR) is 83.0 cm³/mol. The molecule has 112 valence electrons. The summed E-state index contributed by atoms with van der Waals surface area (Å²) in [6, 6.07) is 7.71. The summed E-state index contributed by atoms with van der Waals surface area (Å²) in [4.78, 5) is 12.5. The first-order valence-electron chi connectivity index (χ1n) is 7.32. The van der Waals surface area contributed by atoms with Gasteiger partial charge in [0.15, 0.2) is 5.78 Å². The molecule has 1 aromatic carbocycles. The summed E-state index contributed by atoms with van der Waals surface area (Å²) in [6.45, 7) is 6.37. The molecule has 1 aromatic heterocycles. The Morgan fingerprint density at radius 1 is 1.24 bits per heavy atom. The topological polar surface area (TPSA) is 44.1 Å². The van der Waals surface area contributed by atoms with Crippen molar-refractivity contribution in [3.05, 3.63) is 46.8 Å². The van der Waals surface area contributed by atoms with Crippen LogP contribution in [0.1, 0.15) is 41.2 Å². The number of hydrogen-bond donors (Lipinski definition) is 0. The lowest BCUT2D eigenvalue weighted by Gasteiger charge is -2.10. The van der Waals surface area contributed by atoms with Crippen LogP contribution in [0.5, 0.6) is 5.75 Å². The van der Waals surface area contributed by atoms with Crippen molar-refractivity contribution in [2.75, 3.05) is 7.11 Å². The Kier molecular flexibility index (Phi) is 4.78. The third kappa shape index (κ3) is 3.32. The molecule has 4 heteroatoms. The Morgan fingerprint density at radius 3 is 2.62 bits per heavy atom. The molecule has 0 unspecified atom stereocenters. The minimum atomic E-state index is 0.0207. The van der Waals surface area contributed by atoms with E-state index in [9.17, 15) is 4.79 Å². The van der Waals surface area contributed by atoms with Crippen LogP contribution in [0.3, 0.4) is 0 Å². The number of carbonyl (C=O) groups excluding carboxylic acids is 1. The van der Waals surface area contributed by atoms with Crippen LogP contribution in [0, 0.1) is 6.92 Å². The number of Topliss-reactive ketones (excluding diaryl/α,β-unsaturated/α-hetero) is 1. The summed E-state index contributed by atoms with van der Waals surface area (Å²) in [5.74, 6) is 0.647. The Morgan fingerprint density at radius 2 is 2.00 bits per heavy atom. The summed E-state index contributed by atoms with van der Waals surface area (Å²) in [5.41, 5.74) is 3.80. The standard InChI is InChI=1S/C17H22N2O2/c1-5-13-10-14(6-2)19(18-13)11-16(20)15-8-7-12(3)9-17(15)21-4/h7-10H,5-6,11H2,1-4H3. The van der Waals surface area contributed by atoms with Crippen LogP contribution in [0.4, 0.5) is 0 Å². The molecule has 0 aliphatic heterocycles. The lowest BCUT2D eigenvalue weighted by Crippen LogP contribution is -2.15. The van der Waals surface area contributed by atoms with E-state index in [1.807, 2.05) is 25.1 Å². The molecular formula is C17H22N2O2. The second-order valence-electron chi connectivity index (χ2n) is 5.12. The van der Waals surface area contributed by atoms with Gasteiger partial charge in [-0.25, -0.2) is 0 Å². The summed E-state index contributed by atoms with van der Waals surface area (Å²) >= 11 is 0. The number of hydrogen-bond acceptors (Lipinski definition) is 3. The molecule has 0 fully saturated rings. The first kappa shape index (κ1) is 15.3. The van der Waals surface area contributed by atoms with Gasteiger partial charge in [0.25, 0.3) is 0 Å². The molecule has 0 spiro atoms. The fraction of sp³-hybridized carbons (Fsp3) is 0.412. The number of carbonyl (C=O) groups is 1. The molecule has 0 aliphatic carbocycles. The molecule has 0 N–H and O–H groups in total. The maximum absolute atomic E-state index is 12.5. The van der Waals surface area contributed by atoms with E-state index in [-0.39, 0.29) is 12.3 Å². The number of ether oxygens (including phenoxy) is 1. The molecular weight excluding hydrogens is 264 g/mol. The van der Waals surface area contributed by atoms with E-state index >= 15 is 0 Å². The van der Waals surface area contributed by atoms with Gasteiger partial charge in [0.1, 0.15) is 12.3 Å². The highest BCUT2D eigenvalue weighted by atomic mass is 16.5. The third-order valence-corrected chi connectivity index (χ3v) is 3.59. The highest BCUT2D eigenvalue weighted by molar-refractivity contribution is 5.98. The van der Waals surface area contributed by atoms with Gasteiger partial charge in [-0.3, -0.25) is 9.48 Å². The SMILES string of the molecule is CCc1cc(CC)n(CC(=O)c2ccc(C)cc2OC)n1. The Labute approximate surface area is 125 Å². The third-order valence-electron chi connectivity index (χ3n) is 3.59. The minimum absolute atomic E-state index is 0.0207. The lowest BCUT2D eigenvalue weighted by molar-refractivity contribution is 0.0963. The van der Waals surface area contributed by atoms with E-state index in [4.69, 9.17) is 4.74 Å². The molecule has 4 nitrogen and oxygen atoms in total. The number of nitrogens with zero attached hydrogens (tertiary/aromatic N) is 2. The maximum atomic E-state index is 12.5. The Hall–Kier alpha value is -2.10. The summed E-state index contributed by atoms with van der Waals surface area (Å²) in [7, 11) is 1.59. The van der Waals surface area contributed by atoms with Crippen molar-refractivity contribution in [1.29, 1.82) is 0 Å². The van der Waals surface area contributed by atoms with Crippen LogP contribution in [-0.4, -0.2) is 22.7 Å². The van der Waals surface area contributed by atoms with Gasteiger partial charge in [0.2, 0.25) is 0 Å². The zero-order valence-corrected chi connectivity index (χ0v) is 13.1. The molecule has 0 atom stereocenters. The number of rotatable bonds is 6. The molecule has 0 bridgehead atoms. The minimum Gasteiger partial charge on any atom is -0.496 e. The zero-order valence-electron chi connectivity index (χ0n) is 13.1. The van der Waals surface area contributed by atoms with Crippen molar-refractivity contribution in [2.24, 2.45) is 0 Å². The molecule has 2 rings (SSSR count). The van der Waals surface area contributed by atoms with Gasteiger partial charge in [0, 0.05) is 5.69 Å². The van der Waals surface area contributed by atoms with Gasteiger partial charge in [-0.05, 0) is 43.5 Å². The normalized spacial score (nSPS) is 10.7. The number of ketones is 1. The molecule has 2 aromatic rings. The molecule has 0 radical (unpaired) electrons. The van der Waals surface area contributed by atoms with Crippen molar-refractivity contribution in [3.8, 4) is 5.75 Å². The summed E-state index contributed by atoms with van der Waals surface area (Å²) in [5, 5.41) is 4.49. The Balaban J connectivity index is 2.27. The highest BCUT2D eigenvalue weighted by Gasteiger charge is 2.15. The first-order chi connectivity index (χ1) is 10.1. The highest BCUT2D eigenvalue weighted by Crippen LogP contribution is 2.21. The maximum Gasteiger partial charge on any atom is 0.187 e. The smallest absolute Gasteiger partial charge is 0.187 e. The lowest BCUT2D eigenvalue weighted by atomic mass is 10.1. The first-order valence-corrected chi connectivity index (χ1v) is 7.32. The van der Waals surface area contributed by atoms with Gasteiger partial charge < -0.3 is 4.74 Å². The van der Waals surface area contributed by atoms with Crippen molar-refractivity contribution in [3.63, 3.8) is 0 Å². The second kappa shape index (κ2) is 6.57. The largest absolute Gasteiger partial charge is 0.496 e. The van der Waals surface area contributed by atoms with Crippen LogP contribution in [0.15, 0.2) is 24.3 Å². The molecule has 21 heavy (non-hydrogen) atoms. The van der Waals surface area contributed by atoms with Crippen LogP contribution in [-0.2, 0) is 19.4 Å². The van der Waals surface area contributed by atoms with E-state index in [1.54, 1.807) is 11.8 Å². The van der Waals surface area contributed by atoms with Crippen molar-refractivity contribution in [2.45, 2.75) is 40.2 Å². The van der Waals surface area contributed by atoms with E-state index < -0.39 is 0 Å². The average molecular weight is 286 g/mol. The van der Waals surface area contributed by atoms with E-state index in [0.29, 0.717) is 11.3 Å². The summed E-state index contributed by atoms with van der Waals surface area (Å²) < 4.78 is 7.12. The van der Waals surface area contributed by atoms with Crippen LogP contribution in [0.2, 0.25) is 0 Å². The van der Waals surface area contributed by atoms with Crippen LogP contribution >= 0.6 is 0 Å². The van der Waals surface area contributed by atoms with Gasteiger partial charge in [0.05, 0.1) is 18.4 Å². The number of aromatic nitrogens is 2. The van der Waals surface area contributed by atoms with Gasteiger partial charge in [-0.15, -0.1) is 0 Å². The van der Waals surface area contributed by atoms with Crippen molar-refractivity contribution in [1.82, 2.24) is 9.78 Å². The van der Waals surface area contributed by atoms with Gasteiger partial charge >= 0.3 is 0 Å². The Bertz CT molecular complexity index is 644. The molecule has 0 saturated heterocycles. The van der Waals surface area contributed by atoms with Crippen LogP contribution in [0.25, 0.3) is 0 Å². The second-order valence-corrected chi connectivity index (χ2v) is 5.12. The quantitative estimate of drug-likeness (QED) is 0.766. The molecule has 0 saturated carbocycles. The fourth-order valence-electron chi connectivity index (χ4n) is 2.36. The molecule has 0 amide bonds. The van der Waals surface area contributed by atoms with Gasteiger partial charge in [-0.1, -0.05) is 19.9 Å². The zero-order chi connectivity index (χ0) is 15.4. The van der Waals surface area contributed by atoms with E-state index in [0.717, 1.165) is 29.8 Å². The van der Waals surface area contributed by atoms with Gasteiger partial charge in [-0.2, -0.15) is 5.10 Å². The number of benzene rings is 1. The summed E-state index contributed by atoms with van der Waals surface area (Å²) in [6.07, 6.45) is 1.74. The predicted octanol–water partition coefficient (Wildman–Crippen LogP) is 3.21.